The lowest BCUT2D eigenvalue weighted by Gasteiger charge is -2.13. The maximum Gasteiger partial charge on any atom is 0.129 e. The van der Waals surface area contributed by atoms with Gasteiger partial charge in [-0.3, -0.25) is 4.68 Å². The highest BCUT2D eigenvalue weighted by atomic mass is 19.1. The van der Waals surface area contributed by atoms with Crippen LogP contribution in [0.2, 0.25) is 0 Å². The summed E-state index contributed by atoms with van der Waals surface area (Å²) in [6.45, 7) is 2.40. The second kappa shape index (κ2) is 4.63. The minimum atomic E-state index is -1.21. The van der Waals surface area contributed by atoms with E-state index < -0.39 is 17.7 Å². The fourth-order valence-corrected chi connectivity index (χ4v) is 1.72. The van der Waals surface area contributed by atoms with E-state index in [-0.39, 0.29) is 5.56 Å². The van der Waals surface area contributed by atoms with Gasteiger partial charge in [0.1, 0.15) is 17.7 Å². The Hall–Kier alpha value is -1.75. The summed E-state index contributed by atoms with van der Waals surface area (Å²) in [5.41, 5.74) is 0.359. The number of nitrogens with zero attached hydrogens (tertiary/aromatic N) is 2. The monoisotopic (exact) mass is 238 g/mol. The third-order valence-corrected chi connectivity index (χ3v) is 2.58. The van der Waals surface area contributed by atoms with Crippen LogP contribution in [0.3, 0.4) is 0 Å². The zero-order valence-corrected chi connectivity index (χ0v) is 9.27. The molecule has 0 aliphatic heterocycles. The first-order chi connectivity index (χ1) is 8.13. The summed E-state index contributed by atoms with van der Waals surface area (Å²) < 4.78 is 28.1. The normalized spacial score (nSPS) is 12.7. The van der Waals surface area contributed by atoms with Gasteiger partial charge in [0, 0.05) is 18.3 Å². The van der Waals surface area contributed by atoms with Crippen LogP contribution in [0.5, 0.6) is 0 Å². The quantitative estimate of drug-likeness (QED) is 0.890. The molecule has 0 saturated heterocycles. The molecule has 0 amide bonds. The standard InChI is InChI=1S/C12H12F2N2O/c1-2-16-11(5-6-15-16)12(17)9-7-8(13)3-4-10(9)14/h3-7,12,17H,2H2,1H3. The molecule has 1 unspecified atom stereocenters. The highest BCUT2D eigenvalue weighted by Crippen LogP contribution is 2.24. The smallest absolute Gasteiger partial charge is 0.129 e. The fourth-order valence-electron chi connectivity index (χ4n) is 1.72. The molecule has 0 spiro atoms. The van der Waals surface area contributed by atoms with Crippen LogP contribution >= 0.6 is 0 Å². The lowest BCUT2D eigenvalue weighted by molar-refractivity contribution is 0.202. The second-order valence-electron chi connectivity index (χ2n) is 3.64. The fraction of sp³-hybridized carbons (Fsp3) is 0.250. The SMILES string of the molecule is CCn1nccc1C(O)c1cc(F)ccc1F. The Balaban J connectivity index is 2.43. The van der Waals surface area contributed by atoms with E-state index in [4.69, 9.17) is 0 Å². The van der Waals surface area contributed by atoms with E-state index in [0.29, 0.717) is 12.2 Å². The molecule has 2 aromatic rings. The molecule has 17 heavy (non-hydrogen) atoms. The van der Waals surface area contributed by atoms with Gasteiger partial charge >= 0.3 is 0 Å². The van der Waals surface area contributed by atoms with Crippen molar-refractivity contribution in [1.82, 2.24) is 9.78 Å². The Morgan fingerprint density at radius 2 is 2.12 bits per heavy atom. The molecule has 1 aromatic carbocycles. The molecule has 0 aliphatic rings. The van der Waals surface area contributed by atoms with Crippen molar-refractivity contribution in [1.29, 1.82) is 0 Å². The van der Waals surface area contributed by atoms with Crippen molar-refractivity contribution in [3.05, 3.63) is 53.4 Å². The largest absolute Gasteiger partial charge is 0.382 e. The minimum Gasteiger partial charge on any atom is -0.382 e. The zero-order chi connectivity index (χ0) is 12.4. The van der Waals surface area contributed by atoms with Crippen molar-refractivity contribution in [2.24, 2.45) is 0 Å². The number of benzene rings is 1. The third kappa shape index (κ3) is 2.19. The third-order valence-electron chi connectivity index (χ3n) is 2.58. The molecule has 90 valence electrons. The molecule has 1 aromatic heterocycles. The molecule has 0 fully saturated rings. The summed E-state index contributed by atoms with van der Waals surface area (Å²) in [4.78, 5) is 0. The van der Waals surface area contributed by atoms with Gasteiger partial charge in [0.2, 0.25) is 0 Å². The molecule has 5 heteroatoms. The Labute approximate surface area is 97.3 Å². The molecule has 1 atom stereocenters. The highest BCUT2D eigenvalue weighted by molar-refractivity contribution is 5.27. The first-order valence-corrected chi connectivity index (χ1v) is 5.28. The summed E-state index contributed by atoms with van der Waals surface area (Å²) in [6.07, 6.45) is 0.298. The van der Waals surface area contributed by atoms with Gasteiger partial charge in [-0.25, -0.2) is 8.78 Å². The molecule has 1 heterocycles. The number of hydrogen-bond donors (Lipinski definition) is 1. The summed E-state index contributed by atoms with van der Waals surface area (Å²) in [7, 11) is 0. The number of aryl methyl sites for hydroxylation is 1. The average Bonchev–Trinajstić information content (AvgIpc) is 2.79. The van der Waals surface area contributed by atoms with E-state index in [0.717, 1.165) is 18.2 Å². The van der Waals surface area contributed by atoms with Crippen LogP contribution in [0.15, 0.2) is 30.5 Å². The van der Waals surface area contributed by atoms with E-state index in [9.17, 15) is 13.9 Å². The highest BCUT2D eigenvalue weighted by Gasteiger charge is 2.19. The number of hydrogen-bond acceptors (Lipinski definition) is 2. The van der Waals surface area contributed by atoms with Crippen LogP contribution in [0.1, 0.15) is 24.3 Å². The van der Waals surface area contributed by atoms with Gasteiger partial charge in [-0.2, -0.15) is 5.10 Å². The number of aliphatic hydroxyl groups is 1. The minimum absolute atomic E-state index is 0.0831. The van der Waals surface area contributed by atoms with Crippen molar-refractivity contribution in [3.63, 3.8) is 0 Å². The molecule has 0 bridgehead atoms. The van der Waals surface area contributed by atoms with Crippen LogP contribution < -0.4 is 0 Å². The second-order valence-corrected chi connectivity index (χ2v) is 3.64. The Morgan fingerprint density at radius 1 is 1.35 bits per heavy atom. The number of rotatable bonds is 3. The lowest BCUT2D eigenvalue weighted by atomic mass is 10.1. The Morgan fingerprint density at radius 3 is 2.82 bits per heavy atom. The lowest BCUT2D eigenvalue weighted by Crippen LogP contribution is -2.10. The van der Waals surface area contributed by atoms with Crippen LogP contribution in [-0.2, 0) is 6.54 Å². The predicted octanol–water partition coefficient (Wildman–Crippen LogP) is 2.26. The molecule has 0 aliphatic carbocycles. The van der Waals surface area contributed by atoms with Crippen molar-refractivity contribution in [3.8, 4) is 0 Å². The Bertz CT molecular complexity index is 525. The topological polar surface area (TPSA) is 38.0 Å². The molecular formula is C12H12F2N2O. The Kier molecular flexibility index (Phi) is 3.19. The first-order valence-electron chi connectivity index (χ1n) is 5.28. The van der Waals surface area contributed by atoms with Gasteiger partial charge in [0.05, 0.1) is 5.69 Å². The van der Waals surface area contributed by atoms with Crippen LogP contribution in [0, 0.1) is 11.6 Å². The molecular weight excluding hydrogens is 226 g/mol. The van der Waals surface area contributed by atoms with Gasteiger partial charge in [0.25, 0.3) is 0 Å². The molecule has 2 rings (SSSR count). The number of aromatic nitrogens is 2. The average molecular weight is 238 g/mol. The maximum atomic E-state index is 13.5. The maximum absolute atomic E-state index is 13.5. The van der Waals surface area contributed by atoms with E-state index in [1.54, 1.807) is 6.07 Å². The molecule has 0 radical (unpaired) electrons. The van der Waals surface area contributed by atoms with E-state index >= 15 is 0 Å². The van der Waals surface area contributed by atoms with Crippen molar-refractivity contribution < 1.29 is 13.9 Å². The van der Waals surface area contributed by atoms with Crippen LogP contribution in [0.25, 0.3) is 0 Å². The summed E-state index contributed by atoms with van der Waals surface area (Å²) in [5.74, 6) is -1.22. The molecule has 1 N–H and O–H groups in total. The van der Waals surface area contributed by atoms with Crippen molar-refractivity contribution in [2.45, 2.75) is 19.6 Å². The van der Waals surface area contributed by atoms with Gasteiger partial charge in [-0.1, -0.05) is 0 Å². The van der Waals surface area contributed by atoms with Crippen molar-refractivity contribution >= 4 is 0 Å². The van der Waals surface area contributed by atoms with Gasteiger partial charge in [-0.15, -0.1) is 0 Å². The van der Waals surface area contributed by atoms with Crippen molar-refractivity contribution in [2.75, 3.05) is 0 Å². The van der Waals surface area contributed by atoms with Crippen LogP contribution in [-0.4, -0.2) is 14.9 Å². The molecule has 0 saturated carbocycles. The van der Waals surface area contributed by atoms with Gasteiger partial charge in [-0.05, 0) is 31.2 Å². The predicted molar refractivity (Wildman–Crippen MR) is 58.3 cm³/mol. The first kappa shape index (κ1) is 11.7. The van der Waals surface area contributed by atoms with E-state index in [2.05, 4.69) is 5.10 Å². The van der Waals surface area contributed by atoms with E-state index in [1.807, 2.05) is 6.92 Å². The van der Waals surface area contributed by atoms with Crippen LogP contribution in [0.4, 0.5) is 8.78 Å². The summed E-state index contributed by atoms with van der Waals surface area (Å²) in [5, 5.41) is 14.0. The number of halogens is 2. The zero-order valence-electron chi connectivity index (χ0n) is 9.27. The molecule has 3 nitrogen and oxygen atoms in total. The summed E-state index contributed by atoms with van der Waals surface area (Å²) in [6, 6.07) is 4.59. The number of aliphatic hydroxyl groups excluding tert-OH is 1. The summed E-state index contributed by atoms with van der Waals surface area (Å²) >= 11 is 0. The van der Waals surface area contributed by atoms with E-state index in [1.165, 1.54) is 10.9 Å². The van der Waals surface area contributed by atoms with Gasteiger partial charge in [0.15, 0.2) is 0 Å². The van der Waals surface area contributed by atoms with Gasteiger partial charge < -0.3 is 5.11 Å².